The molecule has 0 aliphatic heterocycles. The molecule has 5 heteroatoms. The second kappa shape index (κ2) is 7.08. The number of nitrogens with one attached hydrogen (secondary N) is 1. The van der Waals surface area contributed by atoms with Crippen LogP contribution in [-0.2, 0) is 6.61 Å². The number of nitrogen functional groups attached to an aromatic ring is 1. The Morgan fingerprint density at radius 1 is 1.04 bits per heavy atom. The first-order chi connectivity index (χ1) is 11.6. The van der Waals surface area contributed by atoms with Crippen LogP contribution in [0, 0.1) is 0 Å². The van der Waals surface area contributed by atoms with Gasteiger partial charge in [0.15, 0.2) is 0 Å². The van der Waals surface area contributed by atoms with Crippen molar-refractivity contribution in [3.05, 3.63) is 60.3 Å². The average molecular weight is 323 g/mol. The van der Waals surface area contributed by atoms with Crippen molar-refractivity contribution in [2.24, 2.45) is 0 Å². The number of benzene rings is 2. The van der Waals surface area contributed by atoms with E-state index in [9.17, 15) is 0 Å². The molecule has 0 unspecified atom stereocenters. The fourth-order valence-corrected chi connectivity index (χ4v) is 2.31. The Bertz CT molecular complexity index is 794. The number of H-pyrrole nitrogens is 1. The number of nitrogens with two attached hydrogens (primary N) is 1. The maximum absolute atomic E-state index is 5.73. The molecule has 0 atom stereocenters. The number of aromatic amines is 1. The molecule has 0 aliphatic carbocycles. The Hall–Kier alpha value is -2.95. The molecule has 3 N–H and O–H groups in total. The Kier molecular flexibility index (Phi) is 4.70. The standard InChI is InChI=1S/C19H21N3O2/c1-13(2)24-18-5-3-4-14(10-18)19-11-16(21-22-19)12-23-17-8-6-15(20)7-9-17/h3-11,13H,12,20H2,1-2H3,(H,21,22). The van der Waals surface area contributed by atoms with Gasteiger partial charge in [0.1, 0.15) is 18.1 Å². The van der Waals surface area contributed by atoms with Crippen molar-refractivity contribution in [3.8, 4) is 22.8 Å². The summed E-state index contributed by atoms with van der Waals surface area (Å²) in [5, 5.41) is 7.36. The molecule has 5 nitrogen and oxygen atoms in total. The number of hydrogen-bond donors (Lipinski definition) is 2. The van der Waals surface area contributed by atoms with Gasteiger partial charge in [0, 0.05) is 11.3 Å². The van der Waals surface area contributed by atoms with Gasteiger partial charge in [0.05, 0.1) is 17.5 Å². The third-order valence-electron chi connectivity index (χ3n) is 3.41. The summed E-state index contributed by atoms with van der Waals surface area (Å²) in [6.45, 7) is 4.43. The molecule has 3 rings (SSSR count). The molecule has 0 saturated heterocycles. The maximum atomic E-state index is 5.73. The van der Waals surface area contributed by atoms with Gasteiger partial charge in [-0.3, -0.25) is 5.10 Å². The van der Waals surface area contributed by atoms with Crippen LogP contribution < -0.4 is 15.2 Å². The van der Waals surface area contributed by atoms with E-state index in [1.54, 1.807) is 0 Å². The van der Waals surface area contributed by atoms with E-state index >= 15 is 0 Å². The molecule has 0 amide bonds. The lowest BCUT2D eigenvalue weighted by molar-refractivity contribution is 0.242. The molecule has 0 radical (unpaired) electrons. The minimum atomic E-state index is 0.142. The van der Waals surface area contributed by atoms with Crippen LogP contribution in [0.15, 0.2) is 54.6 Å². The fourth-order valence-electron chi connectivity index (χ4n) is 2.31. The van der Waals surface area contributed by atoms with Gasteiger partial charge in [-0.2, -0.15) is 5.10 Å². The van der Waals surface area contributed by atoms with Crippen LogP contribution in [-0.4, -0.2) is 16.3 Å². The van der Waals surface area contributed by atoms with Gasteiger partial charge in [-0.1, -0.05) is 12.1 Å². The van der Waals surface area contributed by atoms with Crippen molar-refractivity contribution in [3.63, 3.8) is 0 Å². The highest BCUT2D eigenvalue weighted by atomic mass is 16.5. The Morgan fingerprint density at radius 3 is 2.58 bits per heavy atom. The summed E-state index contributed by atoms with van der Waals surface area (Å²) >= 11 is 0. The van der Waals surface area contributed by atoms with Gasteiger partial charge in [-0.25, -0.2) is 0 Å². The van der Waals surface area contributed by atoms with Gasteiger partial charge in [-0.15, -0.1) is 0 Å². The second-order valence-corrected chi connectivity index (χ2v) is 5.83. The van der Waals surface area contributed by atoms with E-state index in [-0.39, 0.29) is 6.10 Å². The van der Waals surface area contributed by atoms with Crippen LogP contribution in [0.5, 0.6) is 11.5 Å². The summed E-state index contributed by atoms with van der Waals surface area (Å²) in [5.41, 5.74) is 9.14. The van der Waals surface area contributed by atoms with Crippen molar-refractivity contribution in [2.45, 2.75) is 26.6 Å². The molecular formula is C19H21N3O2. The number of ether oxygens (including phenoxy) is 2. The molecule has 0 aliphatic rings. The summed E-state index contributed by atoms with van der Waals surface area (Å²) < 4.78 is 11.4. The predicted molar refractivity (Wildman–Crippen MR) is 95.0 cm³/mol. The first-order valence-corrected chi connectivity index (χ1v) is 7.90. The quantitative estimate of drug-likeness (QED) is 0.672. The molecule has 0 fully saturated rings. The number of anilines is 1. The third kappa shape index (κ3) is 4.07. The van der Waals surface area contributed by atoms with E-state index in [1.807, 2.05) is 68.4 Å². The number of nitrogens with zero attached hydrogens (tertiary/aromatic N) is 1. The molecule has 3 aromatic rings. The van der Waals surface area contributed by atoms with Crippen LogP contribution in [0.4, 0.5) is 5.69 Å². The first kappa shape index (κ1) is 15.9. The van der Waals surface area contributed by atoms with Crippen LogP contribution >= 0.6 is 0 Å². The summed E-state index contributed by atoms with van der Waals surface area (Å²) in [5.74, 6) is 1.61. The van der Waals surface area contributed by atoms with E-state index in [1.165, 1.54) is 0 Å². The Balaban J connectivity index is 1.67. The van der Waals surface area contributed by atoms with Crippen LogP contribution in [0.2, 0.25) is 0 Å². The van der Waals surface area contributed by atoms with Gasteiger partial charge in [-0.05, 0) is 56.3 Å². The fraction of sp³-hybridized carbons (Fsp3) is 0.211. The second-order valence-electron chi connectivity index (χ2n) is 5.83. The van der Waals surface area contributed by atoms with Crippen LogP contribution in [0.25, 0.3) is 11.3 Å². The van der Waals surface area contributed by atoms with Crippen molar-refractivity contribution in [1.29, 1.82) is 0 Å². The molecule has 0 saturated carbocycles. The summed E-state index contributed by atoms with van der Waals surface area (Å²) in [6, 6.07) is 17.2. The predicted octanol–water partition coefficient (Wildman–Crippen LogP) is 4.03. The van der Waals surface area contributed by atoms with E-state index < -0.39 is 0 Å². The summed E-state index contributed by atoms with van der Waals surface area (Å²) in [7, 11) is 0. The molecule has 1 aromatic heterocycles. The van der Waals surface area contributed by atoms with E-state index in [0.717, 1.165) is 34.1 Å². The van der Waals surface area contributed by atoms with E-state index in [4.69, 9.17) is 15.2 Å². The largest absolute Gasteiger partial charge is 0.491 e. The molecule has 24 heavy (non-hydrogen) atoms. The van der Waals surface area contributed by atoms with Gasteiger partial charge < -0.3 is 15.2 Å². The lowest BCUT2D eigenvalue weighted by Crippen LogP contribution is -2.05. The Labute approximate surface area is 141 Å². The highest BCUT2D eigenvalue weighted by molar-refractivity contribution is 5.61. The highest BCUT2D eigenvalue weighted by Crippen LogP contribution is 2.24. The zero-order chi connectivity index (χ0) is 16.9. The van der Waals surface area contributed by atoms with Crippen molar-refractivity contribution >= 4 is 5.69 Å². The zero-order valence-electron chi connectivity index (χ0n) is 13.8. The van der Waals surface area contributed by atoms with Gasteiger partial charge >= 0.3 is 0 Å². The van der Waals surface area contributed by atoms with Gasteiger partial charge in [0.25, 0.3) is 0 Å². The zero-order valence-corrected chi connectivity index (χ0v) is 13.8. The molecular weight excluding hydrogens is 302 g/mol. The summed E-state index contributed by atoms with van der Waals surface area (Å²) in [4.78, 5) is 0. The molecule has 2 aromatic carbocycles. The maximum Gasteiger partial charge on any atom is 0.130 e. The monoisotopic (exact) mass is 323 g/mol. The third-order valence-corrected chi connectivity index (χ3v) is 3.41. The minimum Gasteiger partial charge on any atom is -0.491 e. The van der Waals surface area contributed by atoms with Crippen LogP contribution in [0.1, 0.15) is 19.5 Å². The van der Waals surface area contributed by atoms with Crippen LogP contribution in [0.3, 0.4) is 0 Å². The molecule has 0 spiro atoms. The average Bonchev–Trinajstić information content (AvgIpc) is 3.03. The molecule has 1 heterocycles. The smallest absolute Gasteiger partial charge is 0.130 e. The minimum absolute atomic E-state index is 0.142. The normalized spacial score (nSPS) is 10.8. The number of rotatable bonds is 6. The van der Waals surface area contributed by atoms with Crippen molar-refractivity contribution < 1.29 is 9.47 Å². The first-order valence-electron chi connectivity index (χ1n) is 7.90. The van der Waals surface area contributed by atoms with Gasteiger partial charge in [0.2, 0.25) is 0 Å². The molecule has 0 bridgehead atoms. The number of aromatic nitrogens is 2. The number of hydrogen-bond acceptors (Lipinski definition) is 4. The van der Waals surface area contributed by atoms with E-state index in [0.29, 0.717) is 6.61 Å². The van der Waals surface area contributed by atoms with E-state index in [2.05, 4.69) is 10.2 Å². The van der Waals surface area contributed by atoms with Crippen molar-refractivity contribution in [2.75, 3.05) is 5.73 Å². The SMILES string of the molecule is CC(C)Oc1cccc(-c2cc(COc3ccc(N)cc3)[nH]n2)c1. The topological polar surface area (TPSA) is 73.2 Å². The Morgan fingerprint density at radius 2 is 1.83 bits per heavy atom. The molecule has 124 valence electrons. The lowest BCUT2D eigenvalue weighted by Gasteiger charge is -2.10. The van der Waals surface area contributed by atoms with Crippen molar-refractivity contribution in [1.82, 2.24) is 10.2 Å². The summed E-state index contributed by atoms with van der Waals surface area (Å²) in [6.07, 6.45) is 0.142. The lowest BCUT2D eigenvalue weighted by atomic mass is 10.1. The highest BCUT2D eigenvalue weighted by Gasteiger charge is 2.07.